The predicted molar refractivity (Wildman–Crippen MR) is 114 cm³/mol. The minimum absolute atomic E-state index is 0. The van der Waals surface area contributed by atoms with Gasteiger partial charge in [0, 0.05) is 20.1 Å². The molecule has 0 aliphatic heterocycles. The molecule has 0 atom stereocenters. The third-order valence-electron chi connectivity index (χ3n) is 4.55. The van der Waals surface area contributed by atoms with Crippen LogP contribution in [0, 0.1) is 5.92 Å². The van der Waals surface area contributed by atoms with E-state index in [1.54, 1.807) is 31.3 Å². The maximum absolute atomic E-state index is 12.2. The molecule has 0 radical (unpaired) electrons. The summed E-state index contributed by atoms with van der Waals surface area (Å²) in [5.74, 6) is 1.63. The van der Waals surface area contributed by atoms with Gasteiger partial charge >= 0.3 is 0 Å². The third-order valence-corrected chi connectivity index (χ3v) is 6.28. The Morgan fingerprint density at radius 2 is 1.76 bits per heavy atom. The second kappa shape index (κ2) is 11.7. The Hall–Kier alpha value is -0.830. The molecule has 1 aliphatic rings. The van der Waals surface area contributed by atoms with Crippen molar-refractivity contribution in [1.82, 2.24) is 10.6 Å². The van der Waals surface area contributed by atoms with E-state index in [1.165, 1.54) is 32.1 Å². The fraction of sp³-hybridized carbons (Fsp3) is 0.611. The molecule has 142 valence electrons. The molecule has 0 aromatic heterocycles. The fourth-order valence-corrected chi connectivity index (χ4v) is 4.34. The van der Waals surface area contributed by atoms with Crippen LogP contribution in [0.5, 0.6) is 0 Å². The summed E-state index contributed by atoms with van der Waals surface area (Å²) in [5, 5.41) is 6.35. The van der Waals surface area contributed by atoms with Crippen LogP contribution in [0.1, 0.15) is 38.5 Å². The number of guanidine groups is 1. The molecule has 0 bridgehead atoms. The third kappa shape index (κ3) is 7.94. The van der Waals surface area contributed by atoms with Crippen LogP contribution in [0.2, 0.25) is 0 Å². The van der Waals surface area contributed by atoms with E-state index in [4.69, 9.17) is 0 Å². The van der Waals surface area contributed by atoms with Crippen LogP contribution < -0.4 is 10.6 Å². The highest BCUT2D eigenvalue weighted by Crippen LogP contribution is 2.28. The van der Waals surface area contributed by atoms with E-state index >= 15 is 0 Å². The van der Waals surface area contributed by atoms with E-state index in [2.05, 4.69) is 15.6 Å². The monoisotopic (exact) mass is 479 g/mol. The van der Waals surface area contributed by atoms with Crippen molar-refractivity contribution in [2.75, 3.05) is 25.9 Å². The maximum atomic E-state index is 12.2. The molecule has 1 aromatic rings. The van der Waals surface area contributed by atoms with Gasteiger partial charge in [-0.05, 0) is 30.9 Å². The second-order valence-corrected chi connectivity index (χ2v) is 8.46. The maximum Gasteiger partial charge on any atom is 0.191 e. The number of sulfone groups is 1. The normalized spacial score (nSPS) is 15.6. The van der Waals surface area contributed by atoms with Gasteiger partial charge in [-0.25, -0.2) is 8.42 Å². The molecule has 2 N–H and O–H groups in total. The zero-order chi connectivity index (χ0) is 17.3. The number of hydrogen-bond donors (Lipinski definition) is 2. The van der Waals surface area contributed by atoms with Gasteiger partial charge in [-0.2, -0.15) is 0 Å². The molecular formula is C18H30IN3O2S. The molecule has 25 heavy (non-hydrogen) atoms. The van der Waals surface area contributed by atoms with E-state index in [1.807, 2.05) is 6.07 Å². The molecule has 1 saturated carbocycles. The molecule has 0 unspecified atom stereocenters. The lowest BCUT2D eigenvalue weighted by atomic mass is 10.0. The fourth-order valence-electron chi connectivity index (χ4n) is 3.17. The summed E-state index contributed by atoms with van der Waals surface area (Å²) in [5.41, 5.74) is 0. The van der Waals surface area contributed by atoms with Crippen molar-refractivity contribution in [3.63, 3.8) is 0 Å². The Balaban J connectivity index is 0.00000312. The topological polar surface area (TPSA) is 70.6 Å². The SMILES string of the molecule is CN=C(NCCCC1CCCC1)NCCS(=O)(=O)c1ccccc1.I. The first kappa shape index (κ1) is 22.2. The van der Waals surface area contributed by atoms with Crippen LogP contribution in [-0.4, -0.2) is 40.3 Å². The number of nitrogens with one attached hydrogen (secondary N) is 2. The molecule has 1 aromatic carbocycles. The highest BCUT2D eigenvalue weighted by atomic mass is 127. The highest BCUT2D eigenvalue weighted by molar-refractivity contribution is 14.0. The van der Waals surface area contributed by atoms with Crippen LogP contribution in [0.15, 0.2) is 40.2 Å². The Bertz CT molecular complexity index is 614. The van der Waals surface area contributed by atoms with Crippen LogP contribution >= 0.6 is 24.0 Å². The Morgan fingerprint density at radius 3 is 2.40 bits per heavy atom. The van der Waals surface area contributed by atoms with Crippen LogP contribution in [0.3, 0.4) is 0 Å². The molecule has 0 spiro atoms. The molecule has 0 saturated heterocycles. The van der Waals surface area contributed by atoms with Crippen molar-refractivity contribution in [2.45, 2.75) is 43.4 Å². The molecule has 1 fully saturated rings. The number of benzene rings is 1. The van der Waals surface area contributed by atoms with Crippen LogP contribution in [0.4, 0.5) is 0 Å². The van der Waals surface area contributed by atoms with Gasteiger partial charge in [-0.1, -0.05) is 43.9 Å². The predicted octanol–water partition coefficient (Wildman–Crippen LogP) is 3.21. The second-order valence-electron chi connectivity index (χ2n) is 6.35. The Kier molecular flexibility index (Phi) is 10.4. The smallest absolute Gasteiger partial charge is 0.191 e. The summed E-state index contributed by atoms with van der Waals surface area (Å²) in [6.07, 6.45) is 7.93. The largest absolute Gasteiger partial charge is 0.356 e. The summed E-state index contributed by atoms with van der Waals surface area (Å²) in [6, 6.07) is 8.56. The summed E-state index contributed by atoms with van der Waals surface area (Å²) in [7, 11) is -1.54. The van der Waals surface area contributed by atoms with E-state index < -0.39 is 9.84 Å². The molecule has 7 heteroatoms. The van der Waals surface area contributed by atoms with Gasteiger partial charge in [0.25, 0.3) is 0 Å². The van der Waals surface area contributed by atoms with Crippen molar-refractivity contribution >= 4 is 39.8 Å². The van der Waals surface area contributed by atoms with E-state index in [0.29, 0.717) is 17.4 Å². The number of aliphatic imine (C=N–C) groups is 1. The van der Waals surface area contributed by atoms with Gasteiger partial charge in [0.1, 0.15) is 0 Å². The first-order chi connectivity index (χ1) is 11.6. The Labute approximate surface area is 169 Å². The van der Waals surface area contributed by atoms with E-state index in [9.17, 15) is 8.42 Å². The average Bonchev–Trinajstić information content (AvgIpc) is 3.11. The summed E-state index contributed by atoms with van der Waals surface area (Å²) >= 11 is 0. The number of halogens is 1. The standard InChI is InChI=1S/C18H29N3O2S.HI/c1-19-18(20-13-7-10-16-8-5-6-9-16)21-14-15-24(22,23)17-11-3-2-4-12-17;/h2-4,11-12,16H,5-10,13-15H2,1H3,(H2,19,20,21);1H. The molecule has 0 heterocycles. The number of hydrogen-bond acceptors (Lipinski definition) is 3. The van der Waals surface area contributed by atoms with Gasteiger partial charge in [0.05, 0.1) is 10.6 Å². The molecule has 5 nitrogen and oxygen atoms in total. The summed E-state index contributed by atoms with van der Waals surface area (Å²) in [6.45, 7) is 1.22. The van der Waals surface area contributed by atoms with E-state index in [-0.39, 0.29) is 29.7 Å². The van der Waals surface area contributed by atoms with Crippen LogP contribution in [-0.2, 0) is 9.84 Å². The molecule has 0 amide bonds. The minimum Gasteiger partial charge on any atom is -0.356 e. The lowest BCUT2D eigenvalue weighted by molar-refractivity contribution is 0.481. The Morgan fingerprint density at radius 1 is 1.12 bits per heavy atom. The van der Waals surface area contributed by atoms with Crippen molar-refractivity contribution in [3.8, 4) is 0 Å². The van der Waals surface area contributed by atoms with Crippen molar-refractivity contribution in [1.29, 1.82) is 0 Å². The van der Waals surface area contributed by atoms with Crippen molar-refractivity contribution in [2.24, 2.45) is 10.9 Å². The quantitative estimate of drug-likeness (QED) is 0.260. The van der Waals surface area contributed by atoms with Gasteiger partial charge in [0.2, 0.25) is 0 Å². The molecule has 1 aliphatic carbocycles. The zero-order valence-corrected chi connectivity index (χ0v) is 18.1. The van der Waals surface area contributed by atoms with Gasteiger partial charge in [-0.15, -0.1) is 24.0 Å². The van der Waals surface area contributed by atoms with Crippen molar-refractivity contribution < 1.29 is 8.42 Å². The summed E-state index contributed by atoms with van der Waals surface area (Å²) in [4.78, 5) is 4.52. The van der Waals surface area contributed by atoms with Gasteiger partial charge < -0.3 is 10.6 Å². The first-order valence-electron chi connectivity index (χ1n) is 8.84. The summed E-state index contributed by atoms with van der Waals surface area (Å²) < 4.78 is 24.4. The van der Waals surface area contributed by atoms with E-state index in [0.717, 1.165) is 18.9 Å². The minimum atomic E-state index is -3.25. The van der Waals surface area contributed by atoms with Crippen molar-refractivity contribution in [3.05, 3.63) is 30.3 Å². The number of rotatable bonds is 8. The zero-order valence-electron chi connectivity index (χ0n) is 14.9. The first-order valence-corrected chi connectivity index (χ1v) is 10.5. The molecular weight excluding hydrogens is 449 g/mol. The van der Waals surface area contributed by atoms with Gasteiger partial charge in [0.15, 0.2) is 15.8 Å². The molecule has 2 rings (SSSR count). The average molecular weight is 479 g/mol. The lowest BCUT2D eigenvalue weighted by Gasteiger charge is -2.13. The highest BCUT2D eigenvalue weighted by Gasteiger charge is 2.15. The van der Waals surface area contributed by atoms with Gasteiger partial charge in [-0.3, -0.25) is 4.99 Å². The lowest BCUT2D eigenvalue weighted by Crippen LogP contribution is -2.40. The number of nitrogens with zero attached hydrogens (tertiary/aromatic N) is 1. The van der Waals surface area contributed by atoms with Crippen LogP contribution in [0.25, 0.3) is 0 Å².